The average Bonchev–Trinajstić information content (AvgIpc) is 2.44. The molecule has 0 atom stereocenters. The van der Waals surface area contributed by atoms with Crippen molar-refractivity contribution >= 4 is 16.9 Å². The third-order valence-electron chi connectivity index (χ3n) is 2.44. The van der Waals surface area contributed by atoms with Crippen molar-refractivity contribution in [2.24, 2.45) is 7.05 Å². The van der Waals surface area contributed by atoms with Crippen LogP contribution < -0.4 is 4.74 Å². The molecule has 0 unspecified atom stereocenters. The molecule has 0 aliphatic carbocycles. The Labute approximate surface area is 88.3 Å². The van der Waals surface area contributed by atoms with Gasteiger partial charge in [-0.3, -0.25) is 4.79 Å². The molecule has 3 heteroatoms. The Kier molecular flexibility index (Phi) is 2.23. The van der Waals surface area contributed by atoms with Crippen LogP contribution in [-0.4, -0.2) is 10.5 Å². The quantitative estimate of drug-likeness (QED) is 0.666. The lowest BCUT2D eigenvalue weighted by atomic mass is 10.1. The van der Waals surface area contributed by atoms with Crippen molar-refractivity contribution in [3.63, 3.8) is 0 Å². The molecular weight excluding hydrogens is 190 g/mol. The van der Waals surface area contributed by atoms with Crippen LogP contribution in [-0.2, 0) is 11.8 Å². The first-order valence-electron chi connectivity index (χ1n) is 4.82. The smallest absolute Gasteiger partial charge is 0.308 e. The third kappa shape index (κ3) is 1.61. The summed E-state index contributed by atoms with van der Waals surface area (Å²) in [6.07, 6.45) is 1.83. The second-order valence-electron chi connectivity index (χ2n) is 3.67. The summed E-state index contributed by atoms with van der Waals surface area (Å²) in [5.41, 5.74) is 2.19. The molecule has 2 rings (SSSR count). The van der Waals surface area contributed by atoms with Gasteiger partial charge in [0.15, 0.2) is 5.75 Å². The Morgan fingerprint density at radius 2 is 2.13 bits per heavy atom. The first-order chi connectivity index (χ1) is 7.09. The van der Waals surface area contributed by atoms with Gasteiger partial charge in [-0.25, -0.2) is 0 Å². The van der Waals surface area contributed by atoms with E-state index in [2.05, 4.69) is 0 Å². The molecule has 0 aliphatic rings. The van der Waals surface area contributed by atoms with Gasteiger partial charge in [-0.15, -0.1) is 0 Å². The molecule has 0 N–H and O–H groups in total. The first-order valence-corrected chi connectivity index (χ1v) is 4.82. The lowest BCUT2D eigenvalue weighted by Crippen LogP contribution is -2.00. The summed E-state index contributed by atoms with van der Waals surface area (Å²) in [4.78, 5) is 10.9. The fraction of sp³-hybridized carbons (Fsp3) is 0.250. The zero-order chi connectivity index (χ0) is 11.0. The third-order valence-corrected chi connectivity index (χ3v) is 2.44. The number of benzene rings is 1. The molecule has 1 aromatic carbocycles. The highest BCUT2D eigenvalue weighted by molar-refractivity contribution is 5.91. The van der Waals surface area contributed by atoms with Crippen molar-refractivity contribution in [2.75, 3.05) is 0 Å². The number of fused-ring (bicyclic) bond motifs is 1. The van der Waals surface area contributed by atoms with E-state index >= 15 is 0 Å². The Hall–Kier alpha value is -1.77. The van der Waals surface area contributed by atoms with Crippen LogP contribution in [0.2, 0.25) is 0 Å². The highest BCUT2D eigenvalue weighted by Crippen LogP contribution is 2.30. The van der Waals surface area contributed by atoms with Gasteiger partial charge < -0.3 is 9.30 Å². The highest BCUT2D eigenvalue weighted by atomic mass is 16.5. The van der Waals surface area contributed by atoms with Gasteiger partial charge in [0.2, 0.25) is 0 Å². The summed E-state index contributed by atoms with van der Waals surface area (Å²) in [5.74, 6) is 0.351. The van der Waals surface area contributed by atoms with Gasteiger partial charge in [-0.1, -0.05) is 12.1 Å². The number of aromatic nitrogens is 1. The molecule has 0 amide bonds. The van der Waals surface area contributed by atoms with Crippen LogP contribution in [0.25, 0.3) is 10.9 Å². The molecule has 0 radical (unpaired) electrons. The molecule has 0 saturated heterocycles. The SMILES string of the molecule is CC(=O)Oc1cn(C)c2cccc(C)c12. The van der Waals surface area contributed by atoms with Crippen LogP contribution in [0.3, 0.4) is 0 Å². The minimum atomic E-state index is -0.286. The van der Waals surface area contributed by atoms with E-state index in [-0.39, 0.29) is 5.97 Å². The summed E-state index contributed by atoms with van der Waals surface area (Å²) in [6, 6.07) is 6.01. The molecule has 3 nitrogen and oxygen atoms in total. The number of nitrogens with zero attached hydrogens (tertiary/aromatic N) is 1. The van der Waals surface area contributed by atoms with Crippen LogP contribution in [0.15, 0.2) is 24.4 Å². The topological polar surface area (TPSA) is 31.2 Å². The predicted octanol–water partition coefficient (Wildman–Crippen LogP) is 2.41. The van der Waals surface area contributed by atoms with E-state index in [4.69, 9.17) is 4.74 Å². The number of carbonyl (C=O) groups excluding carboxylic acids is 1. The molecule has 2 aromatic rings. The van der Waals surface area contributed by atoms with E-state index in [1.165, 1.54) is 6.92 Å². The van der Waals surface area contributed by atoms with Gasteiger partial charge in [0.25, 0.3) is 0 Å². The molecule has 0 bridgehead atoms. The minimum absolute atomic E-state index is 0.286. The van der Waals surface area contributed by atoms with Gasteiger partial charge in [0, 0.05) is 25.6 Å². The molecular formula is C12H13NO2. The van der Waals surface area contributed by atoms with E-state index < -0.39 is 0 Å². The molecule has 0 saturated carbocycles. The second-order valence-corrected chi connectivity index (χ2v) is 3.67. The number of hydrogen-bond acceptors (Lipinski definition) is 2. The van der Waals surface area contributed by atoms with E-state index in [0.717, 1.165) is 16.5 Å². The van der Waals surface area contributed by atoms with E-state index in [1.54, 1.807) is 0 Å². The minimum Gasteiger partial charge on any atom is -0.424 e. The largest absolute Gasteiger partial charge is 0.424 e. The maximum absolute atomic E-state index is 10.9. The Bertz CT molecular complexity index is 526. The number of hydrogen-bond donors (Lipinski definition) is 0. The fourth-order valence-corrected chi connectivity index (χ4v) is 1.81. The maximum Gasteiger partial charge on any atom is 0.308 e. The van der Waals surface area contributed by atoms with Crippen molar-refractivity contribution in [1.29, 1.82) is 0 Å². The number of carbonyl (C=O) groups is 1. The van der Waals surface area contributed by atoms with Crippen LogP contribution >= 0.6 is 0 Å². The van der Waals surface area contributed by atoms with Gasteiger partial charge in [0.1, 0.15) is 0 Å². The van der Waals surface area contributed by atoms with Gasteiger partial charge in [-0.2, -0.15) is 0 Å². The lowest BCUT2D eigenvalue weighted by molar-refractivity contribution is -0.131. The van der Waals surface area contributed by atoms with Gasteiger partial charge in [-0.05, 0) is 18.6 Å². The van der Waals surface area contributed by atoms with Crippen molar-refractivity contribution in [1.82, 2.24) is 4.57 Å². The van der Waals surface area contributed by atoms with Crippen molar-refractivity contribution in [3.05, 3.63) is 30.0 Å². The molecule has 15 heavy (non-hydrogen) atoms. The summed E-state index contributed by atoms with van der Waals surface area (Å²) in [6.45, 7) is 3.42. The number of esters is 1. The van der Waals surface area contributed by atoms with E-state index in [1.807, 2.05) is 42.9 Å². The zero-order valence-corrected chi connectivity index (χ0v) is 9.07. The normalized spacial score (nSPS) is 10.6. The summed E-state index contributed by atoms with van der Waals surface area (Å²) in [5, 5.41) is 1.01. The highest BCUT2D eigenvalue weighted by Gasteiger charge is 2.10. The molecule has 0 fully saturated rings. The predicted molar refractivity (Wildman–Crippen MR) is 59.0 cm³/mol. The number of aryl methyl sites for hydroxylation is 2. The van der Waals surface area contributed by atoms with Crippen molar-refractivity contribution in [2.45, 2.75) is 13.8 Å². The number of ether oxygens (including phenoxy) is 1. The summed E-state index contributed by atoms with van der Waals surface area (Å²) in [7, 11) is 1.94. The maximum atomic E-state index is 10.9. The molecule has 0 spiro atoms. The fourth-order valence-electron chi connectivity index (χ4n) is 1.81. The molecule has 1 heterocycles. The first kappa shape index (κ1) is 9.77. The standard InChI is InChI=1S/C12H13NO2/c1-8-5-4-6-10-12(8)11(7-13(10)3)15-9(2)14/h4-7H,1-3H3. The van der Waals surface area contributed by atoms with Crippen LogP contribution in [0.5, 0.6) is 5.75 Å². The zero-order valence-electron chi connectivity index (χ0n) is 9.07. The molecule has 0 aliphatic heterocycles. The van der Waals surface area contributed by atoms with E-state index in [9.17, 15) is 4.79 Å². The summed E-state index contributed by atoms with van der Waals surface area (Å²) < 4.78 is 7.13. The van der Waals surface area contributed by atoms with Crippen LogP contribution in [0, 0.1) is 6.92 Å². The van der Waals surface area contributed by atoms with Crippen molar-refractivity contribution < 1.29 is 9.53 Å². The molecule has 1 aromatic heterocycles. The Morgan fingerprint density at radius 3 is 2.80 bits per heavy atom. The average molecular weight is 203 g/mol. The van der Waals surface area contributed by atoms with Crippen LogP contribution in [0.4, 0.5) is 0 Å². The summed E-state index contributed by atoms with van der Waals surface area (Å²) >= 11 is 0. The van der Waals surface area contributed by atoms with Crippen molar-refractivity contribution in [3.8, 4) is 5.75 Å². The molecule has 78 valence electrons. The lowest BCUT2D eigenvalue weighted by Gasteiger charge is -2.00. The monoisotopic (exact) mass is 203 g/mol. The Balaban J connectivity index is 2.70. The second kappa shape index (κ2) is 3.42. The van der Waals surface area contributed by atoms with Crippen LogP contribution in [0.1, 0.15) is 12.5 Å². The van der Waals surface area contributed by atoms with Gasteiger partial charge in [0.05, 0.1) is 5.52 Å². The van der Waals surface area contributed by atoms with E-state index in [0.29, 0.717) is 5.75 Å². The number of rotatable bonds is 1. The van der Waals surface area contributed by atoms with Gasteiger partial charge >= 0.3 is 5.97 Å². The Morgan fingerprint density at radius 1 is 1.40 bits per heavy atom.